The summed E-state index contributed by atoms with van der Waals surface area (Å²) in [6, 6.07) is 0. The van der Waals surface area contributed by atoms with Crippen LogP contribution in [0, 0.1) is 5.92 Å². The first kappa shape index (κ1) is 13.0. The molecule has 1 rings (SSSR count). The predicted molar refractivity (Wildman–Crippen MR) is 62.9 cm³/mol. The lowest BCUT2D eigenvalue weighted by atomic mass is 9.97. The molecule has 4 nitrogen and oxygen atoms in total. The van der Waals surface area contributed by atoms with Gasteiger partial charge in [0.2, 0.25) is 11.8 Å². The van der Waals surface area contributed by atoms with E-state index in [4.69, 9.17) is 0 Å². The van der Waals surface area contributed by atoms with Crippen molar-refractivity contribution in [1.82, 2.24) is 10.2 Å². The fourth-order valence-electron chi connectivity index (χ4n) is 2.09. The summed E-state index contributed by atoms with van der Waals surface area (Å²) in [6.07, 6.45) is 2.09. The number of amides is 2. The van der Waals surface area contributed by atoms with Gasteiger partial charge in [0, 0.05) is 6.54 Å². The summed E-state index contributed by atoms with van der Waals surface area (Å²) in [6.45, 7) is 8.65. The molecule has 0 aromatic heterocycles. The highest BCUT2D eigenvalue weighted by Gasteiger charge is 2.39. The molecule has 0 spiro atoms. The molecule has 1 heterocycles. The summed E-state index contributed by atoms with van der Waals surface area (Å²) in [5.74, 6) is 0.459. The van der Waals surface area contributed by atoms with E-state index in [9.17, 15) is 9.59 Å². The minimum absolute atomic E-state index is 0.0269. The maximum absolute atomic E-state index is 12.1. The van der Waals surface area contributed by atoms with Gasteiger partial charge < -0.3 is 10.2 Å². The molecule has 1 saturated heterocycles. The highest BCUT2D eigenvalue weighted by Crippen LogP contribution is 2.17. The Labute approximate surface area is 97.4 Å². The van der Waals surface area contributed by atoms with Gasteiger partial charge in [-0.05, 0) is 19.8 Å². The van der Waals surface area contributed by atoms with Crippen molar-refractivity contribution in [3.05, 3.63) is 0 Å². The SMILES string of the molecule is CCC(CC)CN1CC(=O)NC(C)(C)C1=O. The minimum atomic E-state index is -0.749. The molecule has 0 aliphatic carbocycles. The molecule has 0 bridgehead atoms. The number of carbonyl (C=O) groups is 2. The summed E-state index contributed by atoms with van der Waals surface area (Å²) >= 11 is 0. The topological polar surface area (TPSA) is 49.4 Å². The molecule has 0 saturated carbocycles. The molecule has 92 valence electrons. The van der Waals surface area contributed by atoms with Crippen LogP contribution in [0.25, 0.3) is 0 Å². The standard InChI is InChI=1S/C12H22N2O2/c1-5-9(6-2)7-14-8-10(15)13-12(3,4)11(14)16/h9H,5-8H2,1-4H3,(H,13,15). The van der Waals surface area contributed by atoms with E-state index in [0.29, 0.717) is 12.5 Å². The number of nitrogens with zero attached hydrogens (tertiary/aromatic N) is 1. The van der Waals surface area contributed by atoms with Crippen LogP contribution in [0.3, 0.4) is 0 Å². The van der Waals surface area contributed by atoms with Crippen LogP contribution in [-0.4, -0.2) is 35.3 Å². The van der Waals surface area contributed by atoms with Gasteiger partial charge in [-0.25, -0.2) is 0 Å². The molecule has 0 unspecified atom stereocenters. The van der Waals surface area contributed by atoms with Gasteiger partial charge in [0.05, 0.1) is 6.54 Å². The van der Waals surface area contributed by atoms with Crippen LogP contribution in [0.4, 0.5) is 0 Å². The van der Waals surface area contributed by atoms with E-state index in [1.165, 1.54) is 0 Å². The number of rotatable bonds is 4. The molecule has 1 fully saturated rings. The molecule has 0 aromatic rings. The van der Waals surface area contributed by atoms with Gasteiger partial charge in [-0.1, -0.05) is 26.7 Å². The lowest BCUT2D eigenvalue weighted by molar-refractivity contribution is -0.149. The van der Waals surface area contributed by atoms with E-state index < -0.39 is 5.54 Å². The fraction of sp³-hybridized carbons (Fsp3) is 0.833. The smallest absolute Gasteiger partial charge is 0.248 e. The average Bonchev–Trinajstić information content (AvgIpc) is 2.20. The fourth-order valence-corrected chi connectivity index (χ4v) is 2.09. The maximum atomic E-state index is 12.1. The Bertz CT molecular complexity index is 283. The molecule has 0 radical (unpaired) electrons. The summed E-state index contributed by atoms with van der Waals surface area (Å²) in [5.41, 5.74) is -0.749. The summed E-state index contributed by atoms with van der Waals surface area (Å²) < 4.78 is 0. The van der Waals surface area contributed by atoms with E-state index in [1.807, 2.05) is 0 Å². The van der Waals surface area contributed by atoms with Crippen LogP contribution in [0.15, 0.2) is 0 Å². The van der Waals surface area contributed by atoms with Crippen LogP contribution >= 0.6 is 0 Å². The van der Waals surface area contributed by atoms with E-state index in [0.717, 1.165) is 12.8 Å². The van der Waals surface area contributed by atoms with Crippen LogP contribution in [0.5, 0.6) is 0 Å². The van der Waals surface area contributed by atoms with Crippen molar-refractivity contribution in [2.75, 3.05) is 13.1 Å². The van der Waals surface area contributed by atoms with Crippen molar-refractivity contribution in [3.8, 4) is 0 Å². The zero-order valence-electron chi connectivity index (χ0n) is 10.7. The van der Waals surface area contributed by atoms with Gasteiger partial charge in [-0.3, -0.25) is 9.59 Å². The summed E-state index contributed by atoms with van der Waals surface area (Å²) in [4.78, 5) is 25.2. The third-order valence-corrected chi connectivity index (χ3v) is 3.24. The monoisotopic (exact) mass is 226 g/mol. The van der Waals surface area contributed by atoms with Gasteiger partial charge in [-0.15, -0.1) is 0 Å². The largest absolute Gasteiger partial charge is 0.341 e. The Morgan fingerprint density at radius 2 is 1.88 bits per heavy atom. The van der Waals surface area contributed by atoms with Crippen LogP contribution in [0.1, 0.15) is 40.5 Å². The number of nitrogens with one attached hydrogen (secondary N) is 1. The first-order valence-corrected chi connectivity index (χ1v) is 6.01. The Kier molecular flexibility index (Phi) is 3.94. The number of hydrogen-bond donors (Lipinski definition) is 1. The highest BCUT2D eigenvalue weighted by molar-refractivity contribution is 5.97. The summed E-state index contributed by atoms with van der Waals surface area (Å²) in [5, 5.41) is 2.71. The molecule has 4 heteroatoms. The van der Waals surface area contributed by atoms with Crippen molar-refractivity contribution in [2.45, 2.75) is 46.1 Å². The Hall–Kier alpha value is -1.06. The van der Waals surface area contributed by atoms with Gasteiger partial charge in [0.15, 0.2) is 0 Å². The normalized spacial score (nSPS) is 20.2. The van der Waals surface area contributed by atoms with E-state index in [1.54, 1.807) is 18.7 Å². The number of piperazine rings is 1. The van der Waals surface area contributed by atoms with Gasteiger partial charge in [0.1, 0.15) is 5.54 Å². The number of carbonyl (C=O) groups excluding carboxylic acids is 2. The quantitative estimate of drug-likeness (QED) is 0.782. The van der Waals surface area contributed by atoms with Crippen molar-refractivity contribution >= 4 is 11.8 Å². The number of hydrogen-bond acceptors (Lipinski definition) is 2. The lowest BCUT2D eigenvalue weighted by Crippen LogP contribution is -2.64. The second kappa shape index (κ2) is 4.85. The molecule has 0 atom stereocenters. The molecular formula is C12H22N2O2. The molecule has 2 amide bonds. The molecule has 16 heavy (non-hydrogen) atoms. The highest BCUT2D eigenvalue weighted by atomic mass is 16.2. The van der Waals surface area contributed by atoms with Crippen LogP contribution in [0.2, 0.25) is 0 Å². The minimum Gasteiger partial charge on any atom is -0.341 e. The third kappa shape index (κ3) is 2.74. The molecule has 1 aliphatic rings. The molecule has 0 aromatic carbocycles. The van der Waals surface area contributed by atoms with E-state index in [-0.39, 0.29) is 18.4 Å². The Morgan fingerprint density at radius 3 is 2.38 bits per heavy atom. The second-order valence-electron chi connectivity index (χ2n) is 5.04. The van der Waals surface area contributed by atoms with Gasteiger partial charge in [-0.2, -0.15) is 0 Å². The zero-order chi connectivity index (χ0) is 12.3. The zero-order valence-corrected chi connectivity index (χ0v) is 10.7. The first-order valence-electron chi connectivity index (χ1n) is 6.01. The van der Waals surface area contributed by atoms with Gasteiger partial charge >= 0.3 is 0 Å². The molecular weight excluding hydrogens is 204 g/mol. The maximum Gasteiger partial charge on any atom is 0.248 e. The van der Waals surface area contributed by atoms with Gasteiger partial charge in [0.25, 0.3) is 0 Å². The second-order valence-corrected chi connectivity index (χ2v) is 5.04. The lowest BCUT2D eigenvalue weighted by Gasteiger charge is -2.38. The average molecular weight is 226 g/mol. The van der Waals surface area contributed by atoms with Crippen molar-refractivity contribution < 1.29 is 9.59 Å². The Morgan fingerprint density at radius 1 is 1.31 bits per heavy atom. The molecule has 1 aliphatic heterocycles. The van der Waals surface area contributed by atoms with Crippen molar-refractivity contribution in [3.63, 3.8) is 0 Å². The van der Waals surface area contributed by atoms with Crippen molar-refractivity contribution in [1.29, 1.82) is 0 Å². The third-order valence-electron chi connectivity index (χ3n) is 3.24. The predicted octanol–water partition coefficient (Wildman–Crippen LogP) is 1.16. The van der Waals surface area contributed by atoms with E-state index >= 15 is 0 Å². The van der Waals surface area contributed by atoms with Crippen LogP contribution in [-0.2, 0) is 9.59 Å². The van der Waals surface area contributed by atoms with Crippen molar-refractivity contribution in [2.24, 2.45) is 5.92 Å². The molecule has 1 N–H and O–H groups in total. The van der Waals surface area contributed by atoms with E-state index in [2.05, 4.69) is 19.2 Å². The first-order chi connectivity index (χ1) is 7.40. The summed E-state index contributed by atoms with van der Waals surface area (Å²) in [7, 11) is 0. The Balaban J connectivity index is 2.72. The van der Waals surface area contributed by atoms with Crippen LogP contribution < -0.4 is 5.32 Å².